The standard InChI is InChI=1S/C22H29N3O5S/c1-4-11-29-19-8-6-17(14-20(19)30-12-5-2)16(3)23-22(26)18-7-9-21-24-31(27,28)13-10-25(21)15-18/h6-9,14-16H,4-5,10-13H2,1-3H3,(H,23,26). The van der Waals surface area contributed by atoms with Crippen molar-refractivity contribution in [1.29, 1.82) is 0 Å². The number of hydrogen-bond acceptors (Lipinski definition) is 6. The van der Waals surface area contributed by atoms with Gasteiger partial charge in [-0.25, -0.2) is 8.42 Å². The molecule has 168 valence electrons. The highest BCUT2D eigenvalue weighted by atomic mass is 32.2. The van der Waals surface area contributed by atoms with Crippen molar-refractivity contribution < 1.29 is 22.7 Å². The van der Waals surface area contributed by atoms with E-state index in [1.807, 2.05) is 39.0 Å². The number of nitrogens with one attached hydrogen (secondary N) is 1. The van der Waals surface area contributed by atoms with E-state index in [9.17, 15) is 13.2 Å². The summed E-state index contributed by atoms with van der Waals surface area (Å²) in [6, 6.07) is 5.43. The van der Waals surface area contributed by atoms with Crippen molar-refractivity contribution in [2.75, 3.05) is 25.5 Å². The molecule has 0 aromatic heterocycles. The molecule has 1 N–H and O–H groups in total. The van der Waals surface area contributed by atoms with Gasteiger partial charge in [-0.05, 0) is 49.6 Å². The van der Waals surface area contributed by atoms with Crippen LogP contribution < -0.4 is 14.8 Å². The summed E-state index contributed by atoms with van der Waals surface area (Å²) in [5, 5.41) is 2.98. The van der Waals surface area contributed by atoms with Gasteiger partial charge < -0.3 is 19.7 Å². The molecule has 2 aliphatic heterocycles. The Bertz CT molecular complexity index is 1010. The Morgan fingerprint density at radius 2 is 1.87 bits per heavy atom. The van der Waals surface area contributed by atoms with Crippen LogP contribution in [-0.4, -0.2) is 50.6 Å². The van der Waals surface area contributed by atoms with Crippen molar-refractivity contribution in [2.45, 2.75) is 39.7 Å². The summed E-state index contributed by atoms with van der Waals surface area (Å²) in [6.07, 6.45) is 6.54. The maximum Gasteiger partial charge on any atom is 0.256 e. The molecule has 0 saturated carbocycles. The molecule has 1 unspecified atom stereocenters. The van der Waals surface area contributed by atoms with Gasteiger partial charge in [0.25, 0.3) is 15.9 Å². The predicted octanol–water partition coefficient (Wildman–Crippen LogP) is 2.94. The number of carbonyl (C=O) groups is 1. The predicted molar refractivity (Wildman–Crippen MR) is 120 cm³/mol. The van der Waals surface area contributed by atoms with Crippen LogP contribution in [0.15, 0.2) is 46.5 Å². The summed E-state index contributed by atoms with van der Waals surface area (Å²) in [4.78, 5) is 14.5. The minimum atomic E-state index is -3.42. The van der Waals surface area contributed by atoms with Crippen molar-refractivity contribution >= 4 is 21.8 Å². The van der Waals surface area contributed by atoms with E-state index in [-0.39, 0.29) is 24.2 Å². The van der Waals surface area contributed by atoms with Crippen LogP contribution in [0.25, 0.3) is 0 Å². The Morgan fingerprint density at radius 1 is 1.16 bits per heavy atom. The van der Waals surface area contributed by atoms with Crippen molar-refractivity contribution in [3.05, 3.63) is 47.7 Å². The summed E-state index contributed by atoms with van der Waals surface area (Å²) in [5.74, 6) is 1.37. The minimum absolute atomic E-state index is 0.0703. The van der Waals surface area contributed by atoms with Crippen LogP contribution in [0.3, 0.4) is 0 Å². The third-order valence-electron chi connectivity index (χ3n) is 4.82. The van der Waals surface area contributed by atoms with Crippen LogP contribution in [0, 0.1) is 0 Å². The first-order valence-corrected chi connectivity index (χ1v) is 12.1. The van der Waals surface area contributed by atoms with Crippen LogP contribution in [-0.2, 0) is 14.8 Å². The highest BCUT2D eigenvalue weighted by Crippen LogP contribution is 2.31. The maximum absolute atomic E-state index is 12.8. The number of rotatable bonds is 9. The number of hydrogen-bond donors (Lipinski definition) is 1. The highest BCUT2D eigenvalue weighted by Gasteiger charge is 2.25. The van der Waals surface area contributed by atoms with Crippen LogP contribution in [0.4, 0.5) is 0 Å². The molecule has 2 aliphatic rings. The smallest absolute Gasteiger partial charge is 0.256 e. The zero-order valence-corrected chi connectivity index (χ0v) is 18.9. The van der Waals surface area contributed by atoms with Crippen LogP contribution >= 0.6 is 0 Å². The molecular formula is C22H29N3O5S. The lowest BCUT2D eigenvalue weighted by Gasteiger charge is -2.27. The van der Waals surface area contributed by atoms with Gasteiger partial charge in [-0.3, -0.25) is 4.79 Å². The number of amides is 1. The molecule has 9 heteroatoms. The van der Waals surface area contributed by atoms with Crippen LogP contribution in [0.2, 0.25) is 0 Å². The maximum atomic E-state index is 12.8. The van der Waals surface area contributed by atoms with E-state index < -0.39 is 10.0 Å². The van der Waals surface area contributed by atoms with Crippen LogP contribution in [0.5, 0.6) is 11.5 Å². The van der Waals surface area contributed by atoms with Gasteiger partial charge in [0.2, 0.25) is 0 Å². The molecule has 2 heterocycles. The van der Waals surface area contributed by atoms with Gasteiger partial charge in [0.15, 0.2) is 11.5 Å². The molecule has 1 atom stereocenters. The molecule has 0 fully saturated rings. The molecule has 1 aromatic rings. The third-order valence-corrected chi connectivity index (χ3v) is 5.99. The van der Waals surface area contributed by atoms with Crippen molar-refractivity contribution in [1.82, 2.24) is 10.2 Å². The van der Waals surface area contributed by atoms with E-state index in [1.54, 1.807) is 23.3 Å². The molecule has 1 amide bonds. The lowest BCUT2D eigenvalue weighted by Crippen LogP contribution is -2.38. The van der Waals surface area contributed by atoms with Crippen molar-refractivity contribution in [3.8, 4) is 11.5 Å². The fourth-order valence-corrected chi connectivity index (χ4v) is 4.12. The summed E-state index contributed by atoms with van der Waals surface area (Å²) in [6.45, 7) is 7.45. The zero-order valence-electron chi connectivity index (χ0n) is 18.1. The molecule has 8 nitrogen and oxygen atoms in total. The molecular weight excluding hydrogens is 418 g/mol. The first kappa shape index (κ1) is 22.9. The van der Waals surface area contributed by atoms with Crippen molar-refractivity contribution in [3.63, 3.8) is 0 Å². The number of amidine groups is 1. The second-order valence-electron chi connectivity index (χ2n) is 7.44. The van der Waals surface area contributed by atoms with E-state index in [1.165, 1.54) is 0 Å². The highest BCUT2D eigenvalue weighted by molar-refractivity contribution is 7.90. The normalized spacial score (nSPS) is 17.8. The van der Waals surface area contributed by atoms with Gasteiger partial charge in [0.1, 0.15) is 5.84 Å². The molecule has 0 bridgehead atoms. The van der Waals surface area contributed by atoms with E-state index in [2.05, 4.69) is 9.71 Å². The van der Waals surface area contributed by atoms with Gasteiger partial charge in [-0.15, -0.1) is 4.40 Å². The number of benzene rings is 1. The average Bonchev–Trinajstić information content (AvgIpc) is 2.75. The lowest BCUT2D eigenvalue weighted by atomic mass is 10.1. The van der Waals surface area contributed by atoms with E-state index >= 15 is 0 Å². The Morgan fingerprint density at radius 3 is 2.58 bits per heavy atom. The lowest BCUT2D eigenvalue weighted by molar-refractivity contribution is -0.117. The van der Waals surface area contributed by atoms with Crippen molar-refractivity contribution in [2.24, 2.45) is 4.40 Å². The van der Waals surface area contributed by atoms with Crippen LogP contribution in [0.1, 0.15) is 45.2 Å². The molecule has 0 radical (unpaired) electrons. The SMILES string of the molecule is CCCOc1ccc(C(C)NC(=O)C2=CN3CCS(=O)(=O)N=C3C=C2)cc1OCCC. The first-order chi connectivity index (χ1) is 14.8. The fraction of sp³-hybridized carbons (Fsp3) is 0.455. The van der Waals surface area contributed by atoms with E-state index in [4.69, 9.17) is 9.47 Å². The number of carbonyl (C=O) groups excluding carboxylic acids is 1. The Balaban J connectivity index is 1.71. The molecule has 0 saturated heterocycles. The Kier molecular flexibility index (Phi) is 7.37. The average molecular weight is 448 g/mol. The van der Waals surface area contributed by atoms with Gasteiger partial charge in [0, 0.05) is 12.7 Å². The summed E-state index contributed by atoms with van der Waals surface area (Å²) in [7, 11) is -3.42. The topological polar surface area (TPSA) is 97.3 Å². The Hall–Kier alpha value is -2.81. The van der Waals surface area contributed by atoms with E-state index in [0.717, 1.165) is 18.4 Å². The number of sulfonamides is 1. The second kappa shape index (κ2) is 10.00. The summed E-state index contributed by atoms with van der Waals surface area (Å²) in [5.41, 5.74) is 1.34. The molecule has 0 spiro atoms. The second-order valence-corrected chi connectivity index (χ2v) is 9.20. The van der Waals surface area contributed by atoms with E-state index in [0.29, 0.717) is 36.1 Å². The number of nitrogens with zero attached hydrogens (tertiary/aromatic N) is 2. The number of ether oxygens (including phenoxy) is 2. The summed E-state index contributed by atoms with van der Waals surface area (Å²) < 4.78 is 38.6. The van der Waals surface area contributed by atoms with Gasteiger partial charge in [-0.2, -0.15) is 0 Å². The minimum Gasteiger partial charge on any atom is -0.490 e. The summed E-state index contributed by atoms with van der Waals surface area (Å²) >= 11 is 0. The largest absolute Gasteiger partial charge is 0.490 e. The molecule has 3 rings (SSSR count). The zero-order chi connectivity index (χ0) is 22.4. The van der Waals surface area contributed by atoms with Gasteiger partial charge >= 0.3 is 0 Å². The third kappa shape index (κ3) is 5.88. The molecule has 0 aliphatic carbocycles. The molecule has 1 aromatic carbocycles. The number of fused-ring (bicyclic) bond motifs is 1. The van der Waals surface area contributed by atoms with Gasteiger partial charge in [0.05, 0.1) is 30.6 Å². The van der Waals surface area contributed by atoms with Gasteiger partial charge in [-0.1, -0.05) is 19.9 Å². The Labute approximate surface area is 183 Å². The molecule has 31 heavy (non-hydrogen) atoms. The monoisotopic (exact) mass is 447 g/mol. The fourth-order valence-electron chi connectivity index (χ4n) is 3.15. The first-order valence-electron chi connectivity index (χ1n) is 10.5. The quantitative estimate of drug-likeness (QED) is 0.625.